The van der Waals surface area contributed by atoms with Gasteiger partial charge in [0.15, 0.2) is 0 Å². The van der Waals surface area contributed by atoms with Crippen molar-refractivity contribution < 1.29 is 4.74 Å². The Hall–Kier alpha value is -1.88. The SMILES string of the molecule is CCC(N)(CC)CCCCCCC(C)(N)c1c2ccc(Cl)cc2nc2ccc(OC)cc12. The number of methoxy groups -OCH3 is 1. The minimum Gasteiger partial charge on any atom is -0.497 e. The van der Waals surface area contributed by atoms with Crippen molar-refractivity contribution in [1.29, 1.82) is 0 Å². The van der Waals surface area contributed by atoms with Gasteiger partial charge in [-0.15, -0.1) is 0 Å². The number of ether oxygens (including phenoxy) is 1. The molecule has 0 aliphatic carbocycles. The second kappa shape index (κ2) is 10.4. The van der Waals surface area contributed by atoms with Crippen molar-refractivity contribution >= 4 is 33.4 Å². The fourth-order valence-corrected chi connectivity index (χ4v) is 4.86. The van der Waals surface area contributed by atoms with Gasteiger partial charge in [0.25, 0.3) is 0 Å². The van der Waals surface area contributed by atoms with Crippen molar-refractivity contribution in [2.75, 3.05) is 7.11 Å². The normalized spacial score (nSPS) is 14.1. The molecule has 0 saturated heterocycles. The quantitative estimate of drug-likeness (QED) is 0.239. The van der Waals surface area contributed by atoms with E-state index in [-0.39, 0.29) is 5.54 Å². The number of pyridine rings is 1. The molecule has 2 aromatic carbocycles. The number of halogens is 1. The lowest BCUT2D eigenvalue weighted by atomic mass is 9.82. The molecular formula is C27H38ClN3O. The van der Waals surface area contributed by atoms with Crippen molar-refractivity contribution in [2.24, 2.45) is 11.5 Å². The maximum atomic E-state index is 7.01. The van der Waals surface area contributed by atoms with E-state index in [2.05, 4.69) is 20.8 Å². The van der Waals surface area contributed by atoms with Crippen LogP contribution in [0.1, 0.15) is 77.7 Å². The van der Waals surface area contributed by atoms with E-state index < -0.39 is 5.54 Å². The Kier molecular flexibility index (Phi) is 8.02. The summed E-state index contributed by atoms with van der Waals surface area (Å²) in [5, 5.41) is 2.78. The summed E-state index contributed by atoms with van der Waals surface area (Å²) in [6.07, 6.45) is 8.68. The van der Waals surface area contributed by atoms with Crippen molar-refractivity contribution in [3.8, 4) is 5.75 Å². The average Bonchev–Trinajstić information content (AvgIpc) is 2.78. The predicted octanol–water partition coefficient (Wildman–Crippen LogP) is 7.08. The molecule has 0 aliphatic rings. The van der Waals surface area contributed by atoms with Gasteiger partial charge >= 0.3 is 0 Å². The van der Waals surface area contributed by atoms with E-state index in [1.807, 2.05) is 36.4 Å². The molecule has 0 saturated carbocycles. The molecule has 0 amide bonds. The summed E-state index contributed by atoms with van der Waals surface area (Å²) in [6, 6.07) is 11.9. The fraction of sp³-hybridized carbons (Fsp3) is 0.519. The smallest absolute Gasteiger partial charge is 0.119 e. The first-order chi connectivity index (χ1) is 15.2. The minimum atomic E-state index is -0.496. The van der Waals surface area contributed by atoms with Crippen LogP contribution >= 0.6 is 11.6 Å². The maximum absolute atomic E-state index is 7.01. The van der Waals surface area contributed by atoms with E-state index in [4.69, 9.17) is 32.8 Å². The van der Waals surface area contributed by atoms with Gasteiger partial charge in [-0.05, 0) is 68.5 Å². The Bertz CT molecular complexity index is 1060. The average molecular weight is 456 g/mol. The highest BCUT2D eigenvalue weighted by Crippen LogP contribution is 2.38. The van der Waals surface area contributed by atoms with E-state index in [1.165, 1.54) is 12.8 Å². The number of hydrogen-bond acceptors (Lipinski definition) is 4. The van der Waals surface area contributed by atoms with Crippen molar-refractivity contribution in [3.05, 3.63) is 47.0 Å². The van der Waals surface area contributed by atoms with Crippen LogP contribution in [0.15, 0.2) is 36.4 Å². The molecule has 1 heterocycles. The first-order valence-electron chi connectivity index (χ1n) is 11.9. The summed E-state index contributed by atoms with van der Waals surface area (Å²) in [4.78, 5) is 4.84. The number of nitrogens with zero attached hydrogens (tertiary/aromatic N) is 1. The summed E-state index contributed by atoms with van der Waals surface area (Å²) >= 11 is 6.27. The number of nitrogens with two attached hydrogens (primary N) is 2. The Balaban J connectivity index is 1.82. The van der Waals surface area contributed by atoms with Gasteiger partial charge in [-0.25, -0.2) is 4.98 Å². The van der Waals surface area contributed by atoms with Crippen LogP contribution in [0.3, 0.4) is 0 Å². The molecule has 1 aromatic heterocycles. The Morgan fingerprint density at radius 2 is 1.56 bits per heavy atom. The van der Waals surface area contributed by atoms with E-state index in [9.17, 15) is 0 Å². The van der Waals surface area contributed by atoms with Crippen LogP contribution in [0.25, 0.3) is 21.8 Å². The van der Waals surface area contributed by atoms with Gasteiger partial charge in [-0.2, -0.15) is 0 Å². The number of aromatic nitrogens is 1. The monoisotopic (exact) mass is 455 g/mol. The highest BCUT2D eigenvalue weighted by molar-refractivity contribution is 6.31. The molecule has 1 unspecified atom stereocenters. The van der Waals surface area contributed by atoms with E-state index in [0.717, 1.165) is 71.6 Å². The lowest BCUT2D eigenvalue weighted by molar-refractivity contribution is 0.347. The number of fused-ring (bicyclic) bond motifs is 2. The van der Waals surface area contributed by atoms with Crippen LogP contribution < -0.4 is 16.2 Å². The topological polar surface area (TPSA) is 74.2 Å². The molecule has 5 heteroatoms. The van der Waals surface area contributed by atoms with Crippen molar-refractivity contribution in [2.45, 2.75) is 83.2 Å². The molecule has 0 fully saturated rings. The first-order valence-corrected chi connectivity index (χ1v) is 12.3. The summed E-state index contributed by atoms with van der Waals surface area (Å²) in [7, 11) is 1.68. The molecule has 4 N–H and O–H groups in total. The molecule has 4 nitrogen and oxygen atoms in total. The van der Waals surface area contributed by atoms with Crippen LogP contribution in [0.2, 0.25) is 5.02 Å². The first kappa shape index (κ1) is 24.8. The molecule has 32 heavy (non-hydrogen) atoms. The second-order valence-electron chi connectivity index (χ2n) is 9.43. The molecule has 0 aliphatic heterocycles. The lowest BCUT2D eigenvalue weighted by Gasteiger charge is -2.29. The van der Waals surface area contributed by atoms with Gasteiger partial charge in [-0.1, -0.05) is 57.2 Å². The number of hydrogen-bond donors (Lipinski definition) is 2. The molecule has 1 atom stereocenters. The second-order valence-corrected chi connectivity index (χ2v) is 9.87. The largest absolute Gasteiger partial charge is 0.497 e. The summed E-state index contributed by atoms with van der Waals surface area (Å²) in [5.74, 6) is 0.807. The van der Waals surface area contributed by atoms with Gasteiger partial charge < -0.3 is 16.2 Å². The van der Waals surface area contributed by atoms with Gasteiger partial charge in [0, 0.05) is 26.9 Å². The van der Waals surface area contributed by atoms with Crippen LogP contribution in [0.4, 0.5) is 0 Å². The molecule has 0 radical (unpaired) electrons. The third kappa shape index (κ3) is 5.54. The molecule has 3 rings (SSSR count). The Labute approximate surface area is 197 Å². The zero-order chi connectivity index (χ0) is 23.4. The number of rotatable bonds is 11. The van der Waals surface area contributed by atoms with Crippen LogP contribution in [-0.4, -0.2) is 17.6 Å². The number of unbranched alkanes of at least 4 members (excludes halogenated alkanes) is 3. The van der Waals surface area contributed by atoms with Crippen molar-refractivity contribution in [3.63, 3.8) is 0 Å². The molecule has 174 valence electrons. The Morgan fingerprint density at radius 1 is 0.875 bits per heavy atom. The summed E-state index contributed by atoms with van der Waals surface area (Å²) in [5.41, 5.74) is 15.9. The standard InChI is InChI=1S/C27H38ClN3O/c1-5-27(30,6-2)16-10-8-7-9-15-26(3,29)25-21-13-11-19(28)17-24(21)31-23-14-12-20(32-4)18-22(23)25/h11-14,17-18H,5-10,15-16,29-30H2,1-4H3. The third-order valence-corrected chi connectivity index (χ3v) is 7.28. The summed E-state index contributed by atoms with van der Waals surface area (Å²) in [6.45, 7) is 6.51. The van der Waals surface area contributed by atoms with Crippen LogP contribution in [0, 0.1) is 0 Å². The Morgan fingerprint density at radius 3 is 2.22 bits per heavy atom. The number of benzene rings is 2. The van der Waals surface area contributed by atoms with Gasteiger partial charge in [0.1, 0.15) is 5.75 Å². The zero-order valence-corrected chi connectivity index (χ0v) is 20.8. The highest BCUT2D eigenvalue weighted by atomic mass is 35.5. The van der Waals surface area contributed by atoms with Crippen molar-refractivity contribution in [1.82, 2.24) is 4.98 Å². The zero-order valence-electron chi connectivity index (χ0n) is 20.0. The molecule has 0 spiro atoms. The highest BCUT2D eigenvalue weighted by Gasteiger charge is 2.27. The fourth-order valence-electron chi connectivity index (χ4n) is 4.69. The molecule has 0 bridgehead atoms. The van der Waals surface area contributed by atoms with E-state index in [0.29, 0.717) is 5.02 Å². The third-order valence-electron chi connectivity index (χ3n) is 7.04. The summed E-state index contributed by atoms with van der Waals surface area (Å²) < 4.78 is 5.49. The van der Waals surface area contributed by atoms with Crippen LogP contribution in [0.5, 0.6) is 5.75 Å². The van der Waals surface area contributed by atoms with Crippen LogP contribution in [-0.2, 0) is 5.54 Å². The van der Waals surface area contributed by atoms with Gasteiger partial charge in [0.05, 0.1) is 18.1 Å². The predicted molar refractivity (Wildman–Crippen MR) is 138 cm³/mol. The maximum Gasteiger partial charge on any atom is 0.119 e. The van der Waals surface area contributed by atoms with E-state index >= 15 is 0 Å². The van der Waals surface area contributed by atoms with Gasteiger partial charge in [0.2, 0.25) is 0 Å². The van der Waals surface area contributed by atoms with E-state index in [1.54, 1.807) is 7.11 Å². The molecular weight excluding hydrogens is 418 g/mol. The lowest BCUT2D eigenvalue weighted by Crippen LogP contribution is -2.38. The molecule has 3 aromatic rings. The minimum absolute atomic E-state index is 0.00240. The van der Waals surface area contributed by atoms with Gasteiger partial charge in [-0.3, -0.25) is 0 Å².